The van der Waals surface area contributed by atoms with E-state index in [1.165, 1.54) is 0 Å². The van der Waals surface area contributed by atoms with Crippen molar-refractivity contribution < 1.29 is 4.79 Å². The molecule has 0 amide bonds. The molecule has 0 N–H and O–H groups in total. The number of aromatic nitrogens is 1. The number of carbonyl (C=O) groups is 1. The highest BCUT2D eigenvalue weighted by molar-refractivity contribution is 5.74. The molecule has 0 radical (unpaired) electrons. The van der Waals surface area contributed by atoms with Crippen LogP contribution in [0.4, 0.5) is 5.82 Å². The first-order valence-electron chi connectivity index (χ1n) is 5.33. The molecule has 0 bridgehead atoms. The van der Waals surface area contributed by atoms with Gasteiger partial charge in [0.05, 0.1) is 0 Å². The van der Waals surface area contributed by atoms with Crippen LogP contribution in [0.5, 0.6) is 0 Å². The fourth-order valence-electron chi connectivity index (χ4n) is 1.48. The standard InChI is InChI=1S/C12H18N2O/c1-4-14(8-10(2)3)12-6-5-11(9-15)7-13-12/h5-7,9-10H,4,8H2,1-3H3. The Balaban J connectivity index is 2.78. The number of nitrogens with zero attached hydrogens (tertiary/aromatic N) is 2. The molecule has 1 aromatic rings. The molecule has 0 unspecified atom stereocenters. The molecule has 1 rings (SSSR count). The van der Waals surface area contributed by atoms with Gasteiger partial charge in [-0.05, 0) is 25.0 Å². The Morgan fingerprint density at radius 3 is 2.60 bits per heavy atom. The maximum absolute atomic E-state index is 10.5. The predicted molar refractivity (Wildman–Crippen MR) is 62.3 cm³/mol. The Morgan fingerprint density at radius 1 is 1.47 bits per heavy atom. The van der Waals surface area contributed by atoms with E-state index in [0.717, 1.165) is 25.2 Å². The fourth-order valence-corrected chi connectivity index (χ4v) is 1.48. The van der Waals surface area contributed by atoms with Crippen LogP contribution in [0.3, 0.4) is 0 Å². The van der Waals surface area contributed by atoms with Crippen LogP contribution in [0.2, 0.25) is 0 Å². The Hall–Kier alpha value is -1.38. The third-order valence-electron chi connectivity index (χ3n) is 2.20. The van der Waals surface area contributed by atoms with Crippen LogP contribution in [0.15, 0.2) is 18.3 Å². The molecule has 0 saturated heterocycles. The Bertz CT molecular complexity index is 306. The van der Waals surface area contributed by atoms with Crippen molar-refractivity contribution in [3.05, 3.63) is 23.9 Å². The van der Waals surface area contributed by atoms with E-state index in [9.17, 15) is 4.79 Å². The van der Waals surface area contributed by atoms with Gasteiger partial charge in [0.2, 0.25) is 0 Å². The van der Waals surface area contributed by atoms with Gasteiger partial charge in [-0.25, -0.2) is 4.98 Å². The van der Waals surface area contributed by atoms with E-state index in [1.54, 1.807) is 12.3 Å². The van der Waals surface area contributed by atoms with Gasteiger partial charge in [0, 0.05) is 24.8 Å². The Labute approximate surface area is 91.1 Å². The number of pyridine rings is 1. The van der Waals surface area contributed by atoms with E-state index in [1.807, 2.05) is 6.07 Å². The predicted octanol–water partition coefficient (Wildman–Crippen LogP) is 2.38. The van der Waals surface area contributed by atoms with Crippen molar-refractivity contribution >= 4 is 12.1 Å². The molecule has 0 atom stereocenters. The summed E-state index contributed by atoms with van der Waals surface area (Å²) in [6, 6.07) is 3.70. The van der Waals surface area contributed by atoms with Crippen molar-refractivity contribution in [2.75, 3.05) is 18.0 Å². The zero-order valence-electron chi connectivity index (χ0n) is 9.60. The summed E-state index contributed by atoms with van der Waals surface area (Å²) in [6.45, 7) is 8.40. The molecular weight excluding hydrogens is 188 g/mol. The van der Waals surface area contributed by atoms with Crippen molar-refractivity contribution in [2.45, 2.75) is 20.8 Å². The maximum Gasteiger partial charge on any atom is 0.151 e. The van der Waals surface area contributed by atoms with Crippen LogP contribution >= 0.6 is 0 Å². The third-order valence-corrected chi connectivity index (χ3v) is 2.20. The van der Waals surface area contributed by atoms with Crippen LogP contribution in [0.1, 0.15) is 31.1 Å². The zero-order chi connectivity index (χ0) is 11.3. The molecule has 1 aromatic heterocycles. The SMILES string of the molecule is CCN(CC(C)C)c1ccc(C=O)cn1. The summed E-state index contributed by atoms with van der Waals surface area (Å²) in [6.07, 6.45) is 2.43. The quantitative estimate of drug-likeness (QED) is 0.693. The van der Waals surface area contributed by atoms with Gasteiger partial charge in [-0.15, -0.1) is 0 Å². The van der Waals surface area contributed by atoms with Crippen molar-refractivity contribution in [1.82, 2.24) is 4.98 Å². The van der Waals surface area contributed by atoms with Gasteiger partial charge >= 0.3 is 0 Å². The van der Waals surface area contributed by atoms with Crippen molar-refractivity contribution in [3.8, 4) is 0 Å². The van der Waals surface area contributed by atoms with E-state index < -0.39 is 0 Å². The monoisotopic (exact) mass is 206 g/mol. The highest BCUT2D eigenvalue weighted by Crippen LogP contribution is 2.12. The largest absolute Gasteiger partial charge is 0.357 e. The van der Waals surface area contributed by atoms with E-state index in [-0.39, 0.29) is 0 Å². The number of carbonyl (C=O) groups excluding carboxylic acids is 1. The molecule has 0 fully saturated rings. The first-order valence-corrected chi connectivity index (χ1v) is 5.33. The Morgan fingerprint density at radius 2 is 2.20 bits per heavy atom. The summed E-state index contributed by atoms with van der Waals surface area (Å²) in [4.78, 5) is 17.0. The van der Waals surface area contributed by atoms with Gasteiger partial charge in [0.15, 0.2) is 6.29 Å². The molecule has 0 aliphatic heterocycles. The van der Waals surface area contributed by atoms with Gasteiger partial charge in [-0.2, -0.15) is 0 Å². The van der Waals surface area contributed by atoms with Crippen molar-refractivity contribution in [3.63, 3.8) is 0 Å². The van der Waals surface area contributed by atoms with Crippen molar-refractivity contribution in [1.29, 1.82) is 0 Å². The van der Waals surface area contributed by atoms with Gasteiger partial charge < -0.3 is 4.90 Å². The smallest absolute Gasteiger partial charge is 0.151 e. The molecule has 0 aliphatic rings. The molecular formula is C12H18N2O. The highest BCUT2D eigenvalue weighted by atomic mass is 16.1. The summed E-state index contributed by atoms with van der Waals surface area (Å²) < 4.78 is 0. The molecule has 0 saturated carbocycles. The number of anilines is 1. The first-order chi connectivity index (χ1) is 7.17. The summed E-state index contributed by atoms with van der Waals surface area (Å²) in [7, 11) is 0. The number of rotatable bonds is 5. The van der Waals surface area contributed by atoms with Crippen LogP contribution < -0.4 is 4.90 Å². The van der Waals surface area contributed by atoms with Crippen molar-refractivity contribution in [2.24, 2.45) is 5.92 Å². The van der Waals surface area contributed by atoms with Crippen LogP contribution in [-0.4, -0.2) is 24.4 Å². The average molecular weight is 206 g/mol. The lowest BCUT2D eigenvalue weighted by Crippen LogP contribution is -2.27. The van der Waals surface area contributed by atoms with Crippen LogP contribution in [0.25, 0.3) is 0 Å². The second-order valence-corrected chi connectivity index (χ2v) is 4.00. The topological polar surface area (TPSA) is 33.2 Å². The molecule has 3 heteroatoms. The summed E-state index contributed by atoms with van der Waals surface area (Å²) in [5, 5.41) is 0. The molecule has 0 aromatic carbocycles. The minimum Gasteiger partial charge on any atom is -0.357 e. The second kappa shape index (κ2) is 5.49. The minimum atomic E-state index is 0.609. The highest BCUT2D eigenvalue weighted by Gasteiger charge is 2.07. The lowest BCUT2D eigenvalue weighted by atomic mass is 10.2. The van der Waals surface area contributed by atoms with E-state index in [2.05, 4.69) is 30.7 Å². The zero-order valence-corrected chi connectivity index (χ0v) is 9.60. The normalized spacial score (nSPS) is 10.4. The molecule has 0 spiro atoms. The lowest BCUT2D eigenvalue weighted by Gasteiger charge is -2.23. The molecule has 3 nitrogen and oxygen atoms in total. The minimum absolute atomic E-state index is 0.609. The Kier molecular flexibility index (Phi) is 4.28. The number of hydrogen-bond acceptors (Lipinski definition) is 3. The van der Waals surface area contributed by atoms with Gasteiger partial charge in [0.1, 0.15) is 5.82 Å². The van der Waals surface area contributed by atoms with Gasteiger partial charge in [-0.3, -0.25) is 4.79 Å². The molecule has 82 valence electrons. The van der Waals surface area contributed by atoms with Crippen LogP contribution in [-0.2, 0) is 0 Å². The lowest BCUT2D eigenvalue weighted by molar-refractivity contribution is 0.112. The molecule has 0 aliphatic carbocycles. The first kappa shape index (κ1) is 11.7. The van der Waals surface area contributed by atoms with Crippen LogP contribution in [0, 0.1) is 5.92 Å². The summed E-state index contributed by atoms with van der Waals surface area (Å²) >= 11 is 0. The van der Waals surface area contributed by atoms with E-state index >= 15 is 0 Å². The third kappa shape index (κ3) is 3.35. The summed E-state index contributed by atoms with van der Waals surface area (Å²) in [5.74, 6) is 1.55. The molecule has 15 heavy (non-hydrogen) atoms. The van der Waals surface area contributed by atoms with Gasteiger partial charge in [0.25, 0.3) is 0 Å². The second-order valence-electron chi connectivity index (χ2n) is 4.00. The van der Waals surface area contributed by atoms with Gasteiger partial charge in [-0.1, -0.05) is 13.8 Å². The summed E-state index contributed by atoms with van der Waals surface area (Å²) in [5.41, 5.74) is 0.624. The fraction of sp³-hybridized carbons (Fsp3) is 0.500. The number of hydrogen-bond donors (Lipinski definition) is 0. The maximum atomic E-state index is 10.5. The average Bonchev–Trinajstić information content (AvgIpc) is 2.26. The van der Waals surface area contributed by atoms with E-state index in [0.29, 0.717) is 11.5 Å². The number of aldehydes is 1. The van der Waals surface area contributed by atoms with E-state index in [4.69, 9.17) is 0 Å². The molecule has 1 heterocycles.